The molecule has 1 aliphatic heterocycles. The average molecular weight is 345 g/mol. The van der Waals surface area contributed by atoms with Crippen molar-refractivity contribution in [1.29, 1.82) is 0 Å². The molecule has 24 heavy (non-hydrogen) atoms. The lowest BCUT2D eigenvalue weighted by Crippen LogP contribution is -2.50. The molecule has 2 atom stereocenters. The molecule has 0 radical (unpaired) electrons. The highest BCUT2D eigenvalue weighted by atomic mass is 32.1. The normalized spacial score (nSPS) is 18.0. The minimum Gasteiger partial charge on any atom is -0.333 e. The predicted molar refractivity (Wildman–Crippen MR) is 94.7 cm³/mol. The third-order valence-electron chi connectivity index (χ3n) is 4.25. The van der Waals surface area contributed by atoms with Gasteiger partial charge in [-0.15, -0.1) is 17.9 Å². The lowest BCUT2D eigenvalue weighted by atomic mass is 10.1. The molecule has 0 bridgehead atoms. The highest BCUT2D eigenvalue weighted by Crippen LogP contribution is 2.15. The smallest absolute Gasteiger partial charge is 0.240 e. The van der Waals surface area contributed by atoms with Crippen LogP contribution in [0, 0.1) is 0 Å². The van der Waals surface area contributed by atoms with E-state index in [0.29, 0.717) is 13.1 Å². The van der Waals surface area contributed by atoms with E-state index in [1.807, 2.05) is 28.0 Å². The second-order valence-corrected chi connectivity index (χ2v) is 7.10. The molecule has 0 aliphatic carbocycles. The summed E-state index contributed by atoms with van der Waals surface area (Å²) in [6, 6.07) is 4.07. The third kappa shape index (κ3) is 3.91. The fraction of sp³-hybridized carbons (Fsp3) is 0.471. The summed E-state index contributed by atoms with van der Waals surface area (Å²) in [5.41, 5.74) is 0. The van der Waals surface area contributed by atoms with Gasteiger partial charge in [-0.2, -0.15) is 5.10 Å². The topological polar surface area (TPSA) is 63.1 Å². The van der Waals surface area contributed by atoms with Crippen molar-refractivity contribution in [3.63, 3.8) is 0 Å². The van der Waals surface area contributed by atoms with E-state index in [4.69, 9.17) is 0 Å². The number of fused-ring (bicyclic) bond motifs is 1. The Kier molecular flexibility index (Phi) is 5.42. The molecule has 2 aromatic heterocycles. The molecule has 0 unspecified atom stereocenters. The van der Waals surface area contributed by atoms with E-state index in [1.54, 1.807) is 23.7 Å². The van der Waals surface area contributed by atoms with Crippen molar-refractivity contribution in [3.8, 4) is 0 Å². The Morgan fingerprint density at radius 2 is 2.54 bits per heavy atom. The molecule has 128 valence electrons. The van der Waals surface area contributed by atoms with E-state index in [9.17, 15) is 4.79 Å². The third-order valence-corrected chi connectivity index (χ3v) is 5.11. The molecule has 1 amide bonds. The van der Waals surface area contributed by atoms with Crippen molar-refractivity contribution in [2.24, 2.45) is 0 Å². The van der Waals surface area contributed by atoms with Crippen molar-refractivity contribution in [2.45, 2.75) is 44.9 Å². The molecule has 7 heteroatoms. The SMILES string of the molecule is C=CCN(Cc1cccs1)C(=O)[C@@H](C)N[C@H]1CCc2ncnn2C1. The Bertz CT molecular complexity index is 681. The molecule has 3 heterocycles. The standard InChI is InChI=1S/C17H23N5OS/c1-3-8-21(11-15-5-4-9-24-15)17(23)13(2)20-14-6-7-16-18-12-19-22(16)10-14/h3-5,9,12-14,20H,1,6-8,10-11H2,2H3/t13-,14+/m1/s1. The molecule has 0 saturated heterocycles. The van der Waals surface area contributed by atoms with Crippen LogP contribution in [-0.2, 0) is 24.3 Å². The number of aryl methyl sites for hydroxylation is 1. The molecule has 0 aromatic carbocycles. The number of amides is 1. The molecule has 1 N–H and O–H groups in total. The second kappa shape index (κ2) is 7.72. The fourth-order valence-corrected chi connectivity index (χ4v) is 3.77. The number of rotatable bonds is 7. The quantitative estimate of drug-likeness (QED) is 0.778. The van der Waals surface area contributed by atoms with E-state index < -0.39 is 0 Å². The number of hydrogen-bond acceptors (Lipinski definition) is 5. The summed E-state index contributed by atoms with van der Waals surface area (Å²) < 4.78 is 1.92. The van der Waals surface area contributed by atoms with Gasteiger partial charge >= 0.3 is 0 Å². The lowest BCUT2D eigenvalue weighted by molar-refractivity contribution is -0.133. The predicted octanol–water partition coefficient (Wildman–Crippen LogP) is 1.85. The van der Waals surface area contributed by atoms with Crippen molar-refractivity contribution < 1.29 is 4.79 Å². The molecule has 2 aromatic rings. The maximum Gasteiger partial charge on any atom is 0.240 e. The van der Waals surface area contributed by atoms with Gasteiger partial charge in [0, 0.05) is 23.9 Å². The number of nitrogens with zero attached hydrogens (tertiary/aromatic N) is 4. The highest BCUT2D eigenvalue weighted by Gasteiger charge is 2.26. The van der Waals surface area contributed by atoms with Crippen LogP contribution in [0.4, 0.5) is 0 Å². The van der Waals surface area contributed by atoms with Crippen molar-refractivity contribution in [1.82, 2.24) is 25.0 Å². The number of carbonyl (C=O) groups is 1. The van der Waals surface area contributed by atoms with Gasteiger partial charge in [-0.3, -0.25) is 4.79 Å². The summed E-state index contributed by atoms with van der Waals surface area (Å²) in [4.78, 5) is 20.1. The molecule has 6 nitrogen and oxygen atoms in total. The van der Waals surface area contributed by atoms with Gasteiger partial charge in [0.15, 0.2) is 0 Å². The van der Waals surface area contributed by atoms with Crippen LogP contribution in [-0.4, -0.2) is 44.2 Å². The van der Waals surface area contributed by atoms with Crippen LogP contribution in [0.2, 0.25) is 0 Å². The van der Waals surface area contributed by atoms with E-state index in [-0.39, 0.29) is 18.0 Å². The summed E-state index contributed by atoms with van der Waals surface area (Å²) in [7, 11) is 0. The molecule has 3 rings (SSSR count). The minimum atomic E-state index is -0.236. The summed E-state index contributed by atoms with van der Waals surface area (Å²) in [5, 5.41) is 9.72. The summed E-state index contributed by atoms with van der Waals surface area (Å²) in [6.45, 7) is 7.66. The lowest BCUT2D eigenvalue weighted by Gasteiger charge is -2.29. The Hall–Kier alpha value is -1.99. The van der Waals surface area contributed by atoms with Crippen LogP contribution in [0.15, 0.2) is 36.5 Å². The number of aromatic nitrogens is 3. The van der Waals surface area contributed by atoms with Gasteiger partial charge in [0.05, 0.1) is 19.1 Å². The molecule has 0 saturated carbocycles. The first-order chi connectivity index (χ1) is 11.7. The minimum absolute atomic E-state index is 0.104. The highest BCUT2D eigenvalue weighted by molar-refractivity contribution is 7.09. The van der Waals surface area contributed by atoms with Gasteiger partial charge in [-0.1, -0.05) is 12.1 Å². The Balaban J connectivity index is 1.59. The molecular formula is C17H23N5OS. The van der Waals surface area contributed by atoms with Crippen LogP contribution in [0.5, 0.6) is 0 Å². The molecule has 0 spiro atoms. The molecular weight excluding hydrogens is 322 g/mol. The summed E-state index contributed by atoms with van der Waals surface area (Å²) >= 11 is 1.67. The molecule has 1 aliphatic rings. The number of nitrogens with one attached hydrogen (secondary N) is 1. The van der Waals surface area contributed by atoms with Crippen LogP contribution in [0.25, 0.3) is 0 Å². The zero-order chi connectivity index (χ0) is 16.9. The van der Waals surface area contributed by atoms with Gasteiger partial charge in [0.1, 0.15) is 12.2 Å². The Morgan fingerprint density at radius 3 is 3.29 bits per heavy atom. The van der Waals surface area contributed by atoms with E-state index in [2.05, 4.69) is 28.0 Å². The van der Waals surface area contributed by atoms with Crippen molar-refractivity contribution >= 4 is 17.2 Å². The van der Waals surface area contributed by atoms with Crippen LogP contribution in [0.3, 0.4) is 0 Å². The van der Waals surface area contributed by atoms with Crippen LogP contribution >= 0.6 is 11.3 Å². The van der Waals surface area contributed by atoms with Gasteiger partial charge in [-0.05, 0) is 24.8 Å². The summed E-state index contributed by atoms with van der Waals surface area (Å²) in [5.74, 6) is 1.13. The second-order valence-electron chi connectivity index (χ2n) is 6.07. The number of hydrogen-bond donors (Lipinski definition) is 1. The Labute approximate surface area is 146 Å². The van der Waals surface area contributed by atoms with Gasteiger partial charge in [0.2, 0.25) is 5.91 Å². The first-order valence-electron chi connectivity index (χ1n) is 8.22. The Morgan fingerprint density at radius 1 is 1.67 bits per heavy atom. The number of carbonyl (C=O) groups excluding carboxylic acids is 1. The zero-order valence-electron chi connectivity index (χ0n) is 13.9. The number of thiophene rings is 1. The largest absolute Gasteiger partial charge is 0.333 e. The monoisotopic (exact) mass is 345 g/mol. The first-order valence-corrected chi connectivity index (χ1v) is 9.10. The van der Waals surface area contributed by atoms with Crippen molar-refractivity contribution in [2.75, 3.05) is 6.54 Å². The van der Waals surface area contributed by atoms with Gasteiger partial charge in [-0.25, -0.2) is 9.67 Å². The maximum absolute atomic E-state index is 12.8. The first kappa shape index (κ1) is 16.9. The maximum atomic E-state index is 12.8. The summed E-state index contributed by atoms with van der Waals surface area (Å²) in [6.07, 6.45) is 5.24. The molecule has 0 fully saturated rings. The van der Waals surface area contributed by atoms with Crippen LogP contribution < -0.4 is 5.32 Å². The van der Waals surface area contributed by atoms with Crippen molar-refractivity contribution in [3.05, 3.63) is 47.2 Å². The fourth-order valence-electron chi connectivity index (χ4n) is 3.05. The van der Waals surface area contributed by atoms with Gasteiger partial charge in [0.25, 0.3) is 0 Å². The van der Waals surface area contributed by atoms with E-state index in [1.165, 1.54) is 4.88 Å². The van der Waals surface area contributed by atoms with E-state index in [0.717, 1.165) is 25.2 Å². The zero-order valence-corrected chi connectivity index (χ0v) is 14.7. The van der Waals surface area contributed by atoms with Gasteiger partial charge < -0.3 is 10.2 Å². The average Bonchev–Trinajstić information content (AvgIpc) is 3.24. The van der Waals surface area contributed by atoms with E-state index >= 15 is 0 Å². The van der Waals surface area contributed by atoms with Crippen LogP contribution in [0.1, 0.15) is 24.0 Å².